The number of nitrogens with zero attached hydrogens (tertiary/aromatic N) is 1. The molecule has 136 valence electrons. The van der Waals surface area contributed by atoms with Crippen molar-refractivity contribution in [2.45, 2.75) is 64.3 Å². The van der Waals surface area contributed by atoms with Gasteiger partial charge in [0, 0.05) is 24.1 Å². The SMILES string of the molecule is O=c1[nH]c2c(c3c1CCCC3)Cc1c(CN3CCCCCC3)cccc1-2. The van der Waals surface area contributed by atoms with Gasteiger partial charge in [0.15, 0.2) is 0 Å². The second-order valence-electron chi connectivity index (χ2n) is 8.28. The molecule has 1 N–H and O–H groups in total. The molecule has 1 aliphatic heterocycles. The summed E-state index contributed by atoms with van der Waals surface area (Å²) in [4.78, 5) is 18.5. The number of rotatable bonds is 2. The molecule has 5 rings (SSSR count). The van der Waals surface area contributed by atoms with E-state index < -0.39 is 0 Å². The second-order valence-corrected chi connectivity index (χ2v) is 8.28. The maximum Gasteiger partial charge on any atom is 0.251 e. The van der Waals surface area contributed by atoms with Crippen LogP contribution in [0.3, 0.4) is 0 Å². The van der Waals surface area contributed by atoms with Gasteiger partial charge in [0.05, 0.1) is 5.69 Å². The van der Waals surface area contributed by atoms with E-state index in [0.29, 0.717) is 0 Å². The first-order valence-corrected chi connectivity index (χ1v) is 10.4. The first kappa shape index (κ1) is 16.3. The Labute approximate surface area is 155 Å². The van der Waals surface area contributed by atoms with E-state index in [9.17, 15) is 4.79 Å². The average Bonchev–Trinajstić information content (AvgIpc) is 2.85. The maximum atomic E-state index is 12.6. The van der Waals surface area contributed by atoms with Crippen LogP contribution in [0.5, 0.6) is 0 Å². The van der Waals surface area contributed by atoms with Crippen LogP contribution in [0.15, 0.2) is 23.0 Å². The Bertz CT molecular complexity index is 888. The van der Waals surface area contributed by atoms with E-state index in [1.807, 2.05) is 0 Å². The van der Waals surface area contributed by atoms with Crippen molar-refractivity contribution in [3.8, 4) is 11.3 Å². The van der Waals surface area contributed by atoms with Crippen LogP contribution < -0.4 is 5.56 Å². The van der Waals surface area contributed by atoms with Crippen molar-refractivity contribution in [1.82, 2.24) is 9.88 Å². The zero-order valence-corrected chi connectivity index (χ0v) is 15.6. The largest absolute Gasteiger partial charge is 0.321 e. The quantitative estimate of drug-likeness (QED) is 0.753. The standard InChI is InChI=1S/C23H28N2O/c26-23-19-10-4-3-9-17(19)21-14-20-16(8-7-11-18(20)22(21)24-23)15-25-12-5-1-2-6-13-25/h7-8,11H,1-6,9-10,12-15H2,(H,24,26). The lowest BCUT2D eigenvalue weighted by Crippen LogP contribution is -2.24. The van der Waals surface area contributed by atoms with Gasteiger partial charge in [-0.1, -0.05) is 31.0 Å². The number of aromatic amines is 1. The predicted molar refractivity (Wildman–Crippen MR) is 106 cm³/mol. The molecule has 1 aromatic carbocycles. The van der Waals surface area contributed by atoms with Crippen LogP contribution in [0.2, 0.25) is 0 Å². The molecule has 0 unspecified atom stereocenters. The molecule has 2 aromatic rings. The molecular formula is C23H28N2O. The number of fused-ring (bicyclic) bond motifs is 5. The summed E-state index contributed by atoms with van der Waals surface area (Å²) in [6, 6.07) is 6.69. The van der Waals surface area contributed by atoms with Crippen LogP contribution in [0, 0.1) is 0 Å². The number of hydrogen-bond acceptors (Lipinski definition) is 2. The minimum atomic E-state index is 0.157. The van der Waals surface area contributed by atoms with Crippen molar-refractivity contribution < 1.29 is 0 Å². The summed E-state index contributed by atoms with van der Waals surface area (Å²) in [7, 11) is 0. The molecule has 3 nitrogen and oxygen atoms in total. The summed E-state index contributed by atoms with van der Waals surface area (Å²) >= 11 is 0. The molecule has 1 aromatic heterocycles. The molecule has 1 fully saturated rings. The Morgan fingerprint density at radius 1 is 0.846 bits per heavy atom. The van der Waals surface area contributed by atoms with Crippen molar-refractivity contribution in [3.63, 3.8) is 0 Å². The van der Waals surface area contributed by atoms with E-state index in [1.165, 1.54) is 73.0 Å². The normalized spacial score (nSPS) is 19.5. The van der Waals surface area contributed by atoms with Crippen LogP contribution in [0.4, 0.5) is 0 Å². The molecule has 0 spiro atoms. The highest BCUT2D eigenvalue weighted by atomic mass is 16.1. The smallest absolute Gasteiger partial charge is 0.251 e. The van der Waals surface area contributed by atoms with E-state index >= 15 is 0 Å². The molecule has 0 bridgehead atoms. The van der Waals surface area contributed by atoms with Crippen molar-refractivity contribution >= 4 is 0 Å². The Morgan fingerprint density at radius 2 is 1.62 bits per heavy atom. The van der Waals surface area contributed by atoms with Crippen molar-refractivity contribution in [2.24, 2.45) is 0 Å². The van der Waals surface area contributed by atoms with E-state index in [4.69, 9.17) is 0 Å². The fourth-order valence-electron chi connectivity index (χ4n) is 5.27. The Balaban J connectivity index is 1.53. The van der Waals surface area contributed by atoms with Crippen molar-refractivity contribution in [1.29, 1.82) is 0 Å². The molecule has 26 heavy (non-hydrogen) atoms. The van der Waals surface area contributed by atoms with E-state index in [2.05, 4.69) is 28.1 Å². The topological polar surface area (TPSA) is 36.1 Å². The molecule has 1 saturated heterocycles. The summed E-state index contributed by atoms with van der Waals surface area (Å²) in [6.07, 6.45) is 10.8. The third kappa shape index (κ3) is 2.73. The zero-order chi connectivity index (χ0) is 17.5. The van der Waals surface area contributed by atoms with Crippen LogP contribution in [-0.2, 0) is 25.8 Å². The molecule has 0 saturated carbocycles. The molecule has 2 aliphatic carbocycles. The fourth-order valence-corrected chi connectivity index (χ4v) is 5.27. The first-order valence-electron chi connectivity index (χ1n) is 10.4. The summed E-state index contributed by atoms with van der Waals surface area (Å²) in [5, 5.41) is 0. The Hall–Kier alpha value is -1.87. The second kappa shape index (κ2) is 6.70. The zero-order valence-electron chi connectivity index (χ0n) is 15.6. The number of likely N-dealkylation sites (tertiary alicyclic amines) is 1. The van der Waals surface area contributed by atoms with Gasteiger partial charge in [-0.3, -0.25) is 9.69 Å². The lowest BCUT2D eigenvalue weighted by molar-refractivity contribution is 0.276. The van der Waals surface area contributed by atoms with Crippen LogP contribution >= 0.6 is 0 Å². The number of H-pyrrole nitrogens is 1. The van der Waals surface area contributed by atoms with Gasteiger partial charge in [-0.2, -0.15) is 0 Å². The van der Waals surface area contributed by atoms with Gasteiger partial charge in [0.1, 0.15) is 0 Å². The number of hydrogen-bond donors (Lipinski definition) is 1. The minimum Gasteiger partial charge on any atom is -0.321 e. The maximum absolute atomic E-state index is 12.6. The molecular weight excluding hydrogens is 320 g/mol. The molecule has 0 radical (unpaired) electrons. The average molecular weight is 348 g/mol. The highest BCUT2D eigenvalue weighted by Crippen LogP contribution is 2.40. The number of pyridine rings is 1. The van der Waals surface area contributed by atoms with E-state index in [-0.39, 0.29) is 5.56 Å². The molecule has 3 aliphatic rings. The first-order chi connectivity index (χ1) is 12.8. The summed E-state index contributed by atoms with van der Waals surface area (Å²) in [5.41, 5.74) is 9.32. The van der Waals surface area contributed by atoms with Crippen LogP contribution in [-0.4, -0.2) is 23.0 Å². The van der Waals surface area contributed by atoms with E-state index in [1.54, 1.807) is 0 Å². The lowest BCUT2D eigenvalue weighted by atomic mass is 9.88. The van der Waals surface area contributed by atoms with Gasteiger partial charge >= 0.3 is 0 Å². The predicted octanol–water partition coefficient (Wildman–Crippen LogP) is 4.20. The van der Waals surface area contributed by atoms with Gasteiger partial charge in [-0.15, -0.1) is 0 Å². The highest BCUT2D eigenvalue weighted by Gasteiger charge is 2.28. The molecule has 0 amide bonds. The number of aromatic nitrogens is 1. The number of benzene rings is 1. The van der Waals surface area contributed by atoms with Crippen LogP contribution in [0.1, 0.15) is 66.3 Å². The molecule has 3 heteroatoms. The van der Waals surface area contributed by atoms with Gasteiger partial charge in [-0.05, 0) is 73.9 Å². The summed E-state index contributed by atoms with van der Waals surface area (Å²) < 4.78 is 0. The summed E-state index contributed by atoms with van der Waals surface area (Å²) in [5.74, 6) is 0. The van der Waals surface area contributed by atoms with Crippen molar-refractivity contribution in [3.05, 3.63) is 56.4 Å². The Kier molecular flexibility index (Phi) is 4.20. The van der Waals surface area contributed by atoms with Gasteiger partial charge in [0.25, 0.3) is 5.56 Å². The fraction of sp³-hybridized carbons (Fsp3) is 0.522. The monoisotopic (exact) mass is 348 g/mol. The van der Waals surface area contributed by atoms with Gasteiger partial charge in [0.2, 0.25) is 0 Å². The third-order valence-electron chi connectivity index (χ3n) is 6.64. The van der Waals surface area contributed by atoms with Gasteiger partial charge < -0.3 is 4.98 Å². The minimum absolute atomic E-state index is 0.157. The third-order valence-corrected chi connectivity index (χ3v) is 6.64. The summed E-state index contributed by atoms with van der Waals surface area (Å²) in [6.45, 7) is 3.51. The molecule has 2 heterocycles. The van der Waals surface area contributed by atoms with Crippen molar-refractivity contribution in [2.75, 3.05) is 13.1 Å². The van der Waals surface area contributed by atoms with E-state index in [0.717, 1.165) is 43.5 Å². The highest BCUT2D eigenvalue weighted by molar-refractivity contribution is 5.76. The van der Waals surface area contributed by atoms with Crippen LogP contribution in [0.25, 0.3) is 11.3 Å². The van der Waals surface area contributed by atoms with Gasteiger partial charge in [-0.25, -0.2) is 0 Å². The molecule has 0 atom stereocenters. The lowest BCUT2D eigenvalue weighted by Gasteiger charge is -2.21. The number of nitrogens with one attached hydrogen (secondary N) is 1. The Morgan fingerprint density at radius 3 is 2.42 bits per heavy atom.